The number of benzene rings is 1. The third kappa shape index (κ3) is 4.96. The zero-order valence-electron chi connectivity index (χ0n) is 10.8. The average Bonchev–Trinajstić information content (AvgIpc) is 2.37. The quantitative estimate of drug-likeness (QED) is 0.490. The van der Waals surface area contributed by atoms with Crippen LogP contribution in [0.2, 0.25) is 0 Å². The Morgan fingerprint density at radius 2 is 2.28 bits per heavy atom. The zero-order valence-corrected chi connectivity index (χ0v) is 11.6. The van der Waals surface area contributed by atoms with Gasteiger partial charge in [0.25, 0.3) is 0 Å². The molecule has 100 valence electrons. The molecule has 0 unspecified atom stereocenters. The number of rotatable bonds is 6. The van der Waals surface area contributed by atoms with Gasteiger partial charge in [-0.1, -0.05) is 31.2 Å². The first-order chi connectivity index (χ1) is 8.67. The molecule has 0 fully saturated rings. The average molecular weight is 270 g/mol. The van der Waals surface area contributed by atoms with E-state index in [9.17, 15) is 4.39 Å². The molecule has 0 bridgehead atoms. The first-order valence-electron chi connectivity index (χ1n) is 5.92. The minimum Gasteiger partial charge on any atom is -0.494 e. The van der Waals surface area contributed by atoms with Crippen LogP contribution in [0.1, 0.15) is 25.3 Å². The molecule has 0 radical (unpaired) electrons. The highest BCUT2D eigenvalue weighted by atomic mass is 32.2. The molecule has 3 nitrogen and oxygen atoms in total. The Morgan fingerprint density at radius 1 is 1.50 bits per heavy atom. The number of hydrogen-bond donors (Lipinski definition) is 1. The Labute approximate surface area is 112 Å². The van der Waals surface area contributed by atoms with Gasteiger partial charge in [-0.05, 0) is 24.1 Å². The van der Waals surface area contributed by atoms with Gasteiger partial charge in [0.1, 0.15) is 0 Å². The smallest absolute Gasteiger partial charge is 0.165 e. The summed E-state index contributed by atoms with van der Waals surface area (Å²) < 4.78 is 18.3. The predicted molar refractivity (Wildman–Crippen MR) is 75.6 cm³/mol. The molecule has 5 heteroatoms. The van der Waals surface area contributed by atoms with Gasteiger partial charge in [-0.3, -0.25) is 4.99 Å². The third-order valence-electron chi connectivity index (χ3n) is 2.38. The first-order valence-corrected chi connectivity index (χ1v) is 6.91. The van der Waals surface area contributed by atoms with E-state index in [1.807, 2.05) is 6.07 Å². The van der Waals surface area contributed by atoms with Crippen LogP contribution < -0.4 is 10.5 Å². The number of aliphatic imine (C=N–C) groups is 1. The van der Waals surface area contributed by atoms with E-state index in [1.165, 1.54) is 24.9 Å². The second-order valence-corrected chi connectivity index (χ2v) is 4.83. The van der Waals surface area contributed by atoms with E-state index < -0.39 is 0 Å². The Morgan fingerprint density at radius 3 is 2.89 bits per heavy atom. The summed E-state index contributed by atoms with van der Waals surface area (Å²) in [6.45, 7) is 2.87. The second-order valence-electron chi connectivity index (χ2n) is 3.83. The van der Waals surface area contributed by atoms with Crippen molar-refractivity contribution in [2.24, 2.45) is 10.7 Å². The summed E-state index contributed by atoms with van der Waals surface area (Å²) in [4.78, 5) is 4.22. The molecule has 0 heterocycles. The molecule has 0 atom stereocenters. The molecule has 0 spiro atoms. The number of halogens is 1. The van der Waals surface area contributed by atoms with Crippen LogP contribution in [0.4, 0.5) is 4.39 Å². The normalized spacial score (nSPS) is 11.6. The lowest BCUT2D eigenvalue weighted by Gasteiger charge is -2.05. The lowest BCUT2D eigenvalue weighted by Crippen LogP contribution is -2.07. The number of nitrogens with two attached hydrogens (primary N) is 1. The molecular formula is C13H19FN2OS. The van der Waals surface area contributed by atoms with Crippen molar-refractivity contribution < 1.29 is 9.13 Å². The standard InChI is InChI=1S/C13H19FN2OS/c1-3-4-7-16-13(15)18-9-10-5-6-12(17-2)11(14)8-10/h5-6,8H,3-4,7,9H2,1-2H3,(H2,15,16). The number of hydrogen-bond acceptors (Lipinski definition) is 3. The predicted octanol–water partition coefficient (Wildman–Crippen LogP) is 3.18. The maximum atomic E-state index is 13.4. The Bertz CT molecular complexity index is 410. The maximum Gasteiger partial charge on any atom is 0.165 e. The number of amidine groups is 1. The van der Waals surface area contributed by atoms with E-state index in [0.29, 0.717) is 10.9 Å². The van der Waals surface area contributed by atoms with Crippen molar-refractivity contribution in [1.29, 1.82) is 0 Å². The van der Waals surface area contributed by atoms with Crippen molar-refractivity contribution in [3.8, 4) is 5.75 Å². The maximum absolute atomic E-state index is 13.4. The molecule has 2 N–H and O–H groups in total. The number of unbranched alkanes of at least 4 members (excludes halogenated alkanes) is 1. The first kappa shape index (κ1) is 14.8. The summed E-state index contributed by atoms with van der Waals surface area (Å²) in [5, 5.41) is 0.555. The largest absolute Gasteiger partial charge is 0.494 e. The highest BCUT2D eigenvalue weighted by Gasteiger charge is 2.04. The highest BCUT2D eigenvalue weighted by Crippen LogP contribution is 2.20. The van der Waals surface area contributed by atoms with Crippen LogP contribution in [0.25, 0.3) is 0 Å². The second kappa shape index (κ2) is 7.97. The Kier molecular flexibility index (Phi) is 6.57. The van der Waals surface area contributed by atoms with Crippen molar-refractivity contribution in [1.82, 2.24) is 0 Å². The van der Waals surface area contributed by atoms with Gasteiger partial charge in [0.15, 0.2) is 16.7 Å². The SMILES string of the molecule is CCCCN=C(N)SCc1ccc(OC)c(F)c1. The molecule has 0 saturated heterocycles. The molecule has 0 amide bonds. The monoisotopic (exact) mass is 270 g/mol. The van der Waals surface area contributed by atoms with Crippen LogP contribution >= 0.6 is 11.8 Å². The van der Waals surface area contributed by atoms with E-state index in [1.54, 1.807) is 6.07 Å². The van der Waals surface area contributed by atoms with E-state index in [2.05, 4.69) is 11.9 Å². The summed E-state index contributed by atoms with van der Waals surface area (Å²) in [5.41, 5.74) is 6.62. The number of methoxy groups -OCH3 is 1. The lowest BCUT2D eigenvalue weighted by molar-refractivity contribution is 0.386. The minimum atomic E-state index is -0.350. The van der Waals surface area contributed by atoms with E-state index in [4.69, 9.17) is 10.5 Å². The van der Waals surface area contributed by atoms with Crippen LogP contribution in [0.5, 0.6) is 5.75 Å². The fraction of sp³-hybridized carbons (Fsp3) is 0.462. The van der Waals surface area contributed by atoms with Gasteiger partial charge in [-0.2, -0.15) is 0 Å². The molecule has 0 aliphatic rings. The Hall–Kier alpha value is -1.23. The number of ether oxygens (including phenoxy) is 1. The van der Waals surface area contributed by atoms with Gasteiger partial charge >= 0.3 is 0 Å². The minimum absolute atomic E-state index is 0.258. The van der Waals surface area contributed by atoms with Crippen LogP contribution in [-0.4, -0.2) is 18.8 Å². The fourth-order valence-corrected chi connectivity index (χ4v) is 2.03. The summed E-state index contributed by atoms with van der Waals surface area (Å²) >= 11 is 1.42. The van der Waals surface area contributed by atoms with Crippen molar-refractivity contribution in [3.63, 3.8) is 0 Å². The molecule has 0 aliphatic heterocycles. The van der Waals surface area contributed by atoms with Gasteiger partial charge in [-0.15, -0.1) is 0 Å². The van der Waals surface area contributed by atoms with Crippen molar-refractivity contribution >= 4 is 16.9 Å². The van der Waals surface area contributed by atoms with Gasteiger partial charge in [-0.25, -0.2) is 4.39 Å². The molecule has 1 rings (SSSR count). The van der Waals surface area contributed by atoms with E-state index in [-0.39, 0.29) is 11.6 Å². The van der Waals surface area contributed by atoms with Crippen LogP contribution in [0.3, 0.4) is 0 Å². The lowest BCUT2D eigenvalue weighted by atomic mass is 10.2. The molecule has 0 saturated carbocycles. The third-order valence-corrected chi connectivity index (χ3v) is 3.28. The molecule has 0 aromatic heterocycles. The highest BCUT2D eigenvalue weighted by molar-refractivity contribution is 8.13. The summed E-state index contributed by atoms with van der Waals surface area (Å²) in [6, 6.07) is 4.91. The van der Waals surface area contributed by atoms with Gasteiger partial charge in [0, 0.05) is 12.3 Å². The van der Waals surface area contributed by atoms with Crippen LogP contribution in [0.15, 0.2) is 23.2 Å². The van der Waals surface area contributed by atoms with Crippen LogP contribution in [-0.2, 0) is 5.75 Å². The Balaban J connectivity index is 2.48. The number of thioether (sulfide) groups is 1. The van der Waals surface area contributed by atoms with Crippen LogP contribution in [0, 0.1) is 5.82 Å². The van der Waals surface area contributed by atoms with Gasteiger partial charge < -0.3 is 10.5 Å². The summed E-state index contributed by atoms with van der Waals surface area (Å²) in [7, 11) is 1.45. The zero-order chi connectivity index (χ0) is 13.4. The van der Waals surface area contributed by atoms with Crippen molar-refractivity contribution in [2.75, 3.05) is 13.7 Å². The summed E-state index contributed by atoms with van der Waals surface area (Å²) in [6.07, 6.45) is 2.14. The topological polar surface area (TPSA) is 47.6 Å². The van der Waals surface area contributed by atoms with Crippen molar-refractivity contribution in [2.45, 2.75) is 25.5 Å². The number of nitrogens with zero attached hydrogens (tertiary/aromatic N) is 1. The molecule has 0 aliphatic carbocycles. The molecule has 18 heavy (non-hydrogen) atoms. The molecule has 1 aromatic carbocycles. The molecule has 1 aromatic rings. The van der Waals surface area contributed by atoms with E-state index >= 15 is 0 Å². The van der Waals surface area contributed by atoms with Gasteiger partial charge in [0.2, 0.25) is 0 Å². The molecular weight excluding hydrogens is 251 g/mol. The fourth-order valence-electron chi connectivity index (χ4n) is 1.35. The van der Waals surface area contributed by atoms with E-state index in [0.717, 1.165) is 24.9 Å². The van der Waals surface area contributed by atoms with Crippen molar-refractivity contribution in [3.05, 3.63) is 29.6 Å². The van der Waals surface area contributed by atoms with Gasteiger partial charge in [0.05, 0.1) is 7.11 Å². The summed E-state index contributed by atoms with van der Waals surface area (Å²) in [5.74, 6) is 0.521.